The zero-order valence-corrected chi connectivity index (χ0v) is 19.5. The third kappa shape index (κ3) is 4.79. The number of hydrogen-bond acceptors (Lipinski definition) is 5. The number of anilines is 2. The zero-order chi connectivity index (χ0) is 22.2. The predicted octanol–water partition coefficient (Wildman–Crippen LogP) is 3.90. The van der Waals surface area contributed by atoms with Crippen LogP contribution in [0.4, 0.5) is 10.7 Å². The van der Waals surface area contributed by atoms with Gasteiger partial charge in [-0.15, -0.1) is 11.3 Å². The second-order valence-corrected chi connectivity index (χ2v) is 11.4. The first kappa shape index (κ1) is 22.3. The lowest BCUT2D eigenvalue weighted by Gasteiger charge is -2.32. The molecule has 2 heterocycles. The Morgan fingerprint density at radius 1 is 1.10 bits per heavy atom. The van der Waals surface area contributed by atoms with E-state index in [1.165, 1.54) is 15.6 Å². The van der Waals surface area contributed by atoms with E-state index in [2.05, 4.69) is 10.6 Å². The van der Waals surface area contributed by atoms with Gasteiger partial charge < -0.3 is 10.6 Å². The summed E-state index contributed by atoms with van der Waals surface area (Å²) in [5.41, 5.74) is 2.05. The lowest BCUT2D eigenvalue weighted by Crippen LogP contribution is -2.49. The third-order valence-electron chi connectivity index (χ3n) is 5.67. The number of carbonyl (C=O) groups excluding carboxylic acids is 2. The van der Waals surface area contributed by atoms with E-state index in [9.17, 15) is 18.0 Å². The summed E-state index contributed by atoms with van der Waals surface area (Å²) in [7, 11) is -3.49. The maximum absolute atomic E-state index is 13.1. The van der Waals surface area contributed by atoms with Crippen LogP contribution in [0.2, 0.25) is 5.02 Å². The monoisotopic (exact) mass is 481 g/mol. The number of nitrogens with zero attached hydrogens (tertiary/aromatic N) is 1. The Balaban J connectivity index is 1.59. The first-order valence-electron chi connectivity index (χ1n) is 10.2. The number of thiophene rings is 1. The molecule has 2 N–H and O–H groups in total. The molecule has 10 heteroatoms. The Hall–Kier alpha value is -1.94. The van der Waals surface area contributed by atoms with Crippen molar-refractivity contribution in [3.63, 3.8) is 0 Å². The van der Waals surface area contributed by atoms with E-state index in [0.717, 1.165) is 48.8 Å². The summed E-state index contributed by atoms with van der Waals surface area (Å²) in [5.74, 6) is -0.675. The van der Waals surface area contributed by atoms with Gasteiger partial charge in [0, 0.05) is 22.1 Å². The highest BCUT2D eigenvalue weighted by molar-refractivity contribution is 7.88. The molecule has 0 bridgehead atoms. The molecule has 166 valence electrons. The topological polar surface area (TPSA) is 95.6 Å². The summed E-state index contributed by atoms with van der Waals surface area (Å²) in [6.07, 6.45) is 5.74. The predicted molar refractivity (Wildman–Crippen MR) is 124 cm³/mol. The first-order valence-corrected chi connectivity index (χ1v) is 13.3. The van der Waals surface area contributed by atoms with Crippen molar-refractivity contribution in [3.8, 4) is 0 Å². The molecule has 1 fully saturated rings. The lowest BCUT2D eigenvalue weighted by atomic mass is 10.0. The second-order valence-electron chi connectivity index (χ2n) is 7.90. The molecule has 2 amide bonds. The Bertz CT molecular complexity index is 1110. The minimum atomic E-state index is -3.49. The van der Waals surface area contributed by atoms with E-state index in [4.69, 9.17) is 11.6 Å². The van der Waals surface area contributed by atoms with Gasteiger partial charge in [-0.2, -0.15) is 4.31 Å². The van der Waals surface area contributed by atoms with Crippen molar-refractivity contribution in [1.82, 2.24) is 4.31 Å². The number of piperidine rings is 1. The fraction of sp³-hybridized carbons (Fsp3) is 0.429. The number of carbonyl (C=O) groups is 2. The maximum Gasteiger partial charge on any atom is 0.258 e. The van der Waals surface area contributed by atoms with Crippen molar-refractivity contribution < 1.29 is 18.0 Å². The molecule has 1 aromatic carbocycles. The van der Waals surface area contributed by atoms with Crippen molar-refractivity contribution in [1.29, 1.82) is 0 Å². The van der Waals surface area contributed by atoms with Crippen LogP contribution in [-0.2, 0) is 27.7 Å². The van der Waals surface area contributed by atoms with Crippen molar-refractivity contribution in [2.24, 2.45) is 0 Å². The van der Waals surface area contributed by atoms with Gasteiger partial charge in [0.1, 0.15) is 11.0 Å². The standard InChI is InChI=1S/C21H24ClN3O4S2/c1-31(28,29)25-12-3-2-6-16(25)19(26)24-21-18(15-5-4-7-17(15)30-21)20(27)23-14-10-8-13(22)9-11-14/h8-11,16H,2-7,12H2,1H3,(H,23,27)(H,24,26). The summed E-state index contributed by atoms with van der Waals surface area (Å²) in [6.45, 7) is 0.335. The summed E-state index contributed by atoms with van der Waals surface area (Å²) in [6, 6.07) is 6.07. The maximum atomic E-state index is 13.1. The molecule has 1 aromatic heterocycles. The Kier molecular flexibility index (Phi) is 6.39. The van der Waals surface area contributed by atoms with Crippen molar-refractivity contribution in [2.45, 2.75) is 44.6 Å². The number of amides is 2. The Morgan fingerprint density at radius 3 is 2.55 bits per heavy atom. The van der Waals surface area contributed by atoms with Crippen LogP contribution in [0.3, 0.4) is 0 Å². The SMILES string of the molecule is CS(=O)(=O)N1CCCCC1C(=O)Nc1sc2c(c1C(=O)Nc1ccc(Cl)cc1)CCC2. The normalized spacial score (nSPS) is 19.1. The molecule has 2 aliphatic rings. The number of aryl methyl sites for hydroxylation is 1. The van der Waals surface area contributed by atoms with Gasteiger partial charge in [0.15, 0.2) is 0 Å². The van der Waals surface area contributed by atoms with Crippen LogP contribution in [0.5, 0.6) is 0 Å². The smallest absolute Gasteiger partial charge is 0.258 e. The fourth-order valence-electron chi connectivity index (χ4n) is 4.22. The number of rotatable bonds is 5. The first-order chi connectivity index (χ1) is 14.7. The summed E-state index contributed by atoms with van der Waals surface area (Å²) in [5, 5.41) is 6.82. The highest BCUT2D eigenvalue weighted by Gasteiger charge is 2.36. The van der Waals surface area contributed by atoms with Crippen LogP contribution >= 0.6 is 22.9 Å². The van der Waals surface area contributed by atoms with E-state index >= 15 is 0 Å². The molecule has 31 heavy (non-hydrogen) atoms. The highest BCUT2D eigenvalue weighted by atomic mass is 35.5. The number of sulfonamides is 1. The Morgan fingerprint density at radius 2 is 1.84 bits per heavy atom. The molecular weight excluding hydrogens is 458 g/mol. The molecule has 4 rings (SSSR count). The molecule has 1 aliphatic heterocycles. The fourth-order valence-corrected chi connectivity index (χ4v) is 6.76. The van der Waals surface area contributed by atoms with Gasteiger partial charge in [0.25, 0.3) is 5.91 Å². The summed E-state index contributed by atoms with van der Waals surface area (Å²) in [4.78, 5) is 27.3. The van der Waals surface area contributed by atoms with Crippen LogP contribution in [0.15, 0.2) is 24.3 Å². The van der Waals surface area contributed by atoms with Crippen molar-refractivity contribution >= 4 is 55.5 Å². The molecule has 0 spiro atoms. The Labute approximate surface area is 190 Å². The molecule has 1 unspecified atom stereocenters. The number of nitrogens with one attached hydrogen (secondary N) is 2. The van der Waals surface area contributed by atoms with Gasteiger partial charge in [-0.25, -0.2) is 8.42 Å². The number of benzene rings is 1. The van der Waals surface area contributed by atoms with Crippen LogP contribution in [0.25, 0.3) is 0 Å². The van der Waals surface area contributed by atoms with E-state index in [1.807, 2.05) is 0 Å². The minimum absolute atomic E-state index is 0.291. The van der Waals surface area contributed by atoms with Crippen molar-refractivity contribution in [2.75, 3.05) is 23.4 Å². The molecule has 0 saturated carbocycles. The van der Waals surface area contributed by atoms with Crippen LogP contribution in [0.1, 0.15) is 46.5 Å². The molecule has 7 nitrogen and oxygen atoms in total. The van der Waals surface area contributed by atoms with E-state index in [-0.39, 0.29) is 11.8 Å². The highest BCUT2D eigenvalue weighted by Crippen LogP contribution is 2.40. The van der Waals surface area contributed by atoms with Gasteiger partial charge in [-0.05, 0) is 61.9 Å². The molecular formula is C21H24ClN3O4S2. The zero-order valence-electron chi connectivity index (χ0n) is 17.1. The molecule has 0 radical (unpaired) electrons. The van der Waals surface area contributed by atoms with Crippen LogP contribution in [0, 0.1) is 0 Å². The number of hydrogen-bond donors (Lipinski definition) is 2. The van der Waals surface area contributed by atoms with Gasteiger partial charge in [-0.3, -0.25) is 9.59 Å². The largest absolute Gasteiger partial charge is 0.322 e. The van der Waals surface area contributed by atoms with Gasteiger partial charge >= 0.3 is 0 Å². The molecule has 1 aliphatic carbocycles. The lowest BCUT2D eigenvalue weighted by molar-refractivity contribution is -0.120. The van der Waals surface area contributed by atoms with Crippen molar-refractivity contribution in [3.05, 3.63) is 45.3 Å². The average molecular weight is 482 g/mol. The average Bonchev–Trinajstić information content (AvgIpc) is 3.29. The van der Waals surface area contributed by atoms with Crippen LogP contribution < -0.4 is 10.6 Å². The van der Waals surface area contributed by atoms with Gasteiger partial charge in [0.05, 0.1) is 11.8 Å². The summed E-state index contributed by atoms with van der Waals surface area (Å²) < 4.78 is 25.6. The molecule has 1 saturated heterocycles. The second kappa shape index (κ2) is 8.90. The quantitative estimate of drug-likeness (QED) is 0.677. The third-order valence-corrected chi connectivity index (χ3v) is 8.42. The number of fused-ring (bicyclic) bond motifs is 1. The molecule has 2 aromatic rings. The van der Waals surface area contributed by atoms with E-state index in [1.54, 1.807) is 24.3 Å². The van der Waals surface area contributed by atoms with Crippen LogP contribution in [-0.4, -0.2) is 43.4 Å². The van der Waals surface area contributed by atoms with Gasteiger partial charge in [-0.1, -0.05) is 18.0 Å². The molecule has 1 atom stereocenters. The van der Waals surface area contributed by atoms with E-state index in [0.29, 0.717) is 34.2 Å². The summed E-state index contributed by atoms with van der Waals surface area (Å²) >= 11 is 7.33. The van der Waals surface area contributed by atoms with E-state index < -0.39 is 16.1 Å². The van der Waals surface area contributed by atoms with Gasteiger partial charge in [0.2, 0.25) is 15.9 Å². The number of halogens is 1. The minimum Gasteiger partial charge on any atom is -0.322 e.